The fraction of sp³-hybridized carbons (Fsp3) is 0.333. The van der Waals surface area contributed by atoms with Crippen LogP contribution in [0.2, 0.25) is 0 Å². The Balaban J connectivity index is 1.41. The summed E-state index contributed by atoms with van der Waals surface area (Å²) in [6.45, 7) is 3.28. The van der Waals surface area contributed by atoms with E-state index >= 15 is 0 Å². The van der Waals surface area contributed by atoms with E-state index in [1.54, 1.807) is 0 Å². The van der Waals surface area contributed by atoms with Gasteiger partial charge in [0.25, 0.3) is 5.91 Å². The van der Waals surface area contributed by atoms with Crippen LogP contribution in [0.3, 0.4) is 0 Å². The van der Waals surface area contributed by atoms with Gasteiger partial charge in [-0.3, -0.25) is 9.79 Å². The Bertz CT molecular complexity index is 758. The lowest BCUT2D eigenvalue weighted by molar-refractivity contribution is 0.0953. The van der Waals surface area contributed by atoms with Crippen LogP contribution in [0, 0.1) is 0 Å². The molecule has 5 heteroatoms. The first-order chi connectivity index (χ1) is 12.8. The maximum atomic E-state index is 12.0. The molecule has 0 fully saturated rings. The molecule has 3 rings (SSSR count). The van der Waals surface area contributed by atoms with E-state index in [0.717, 1.165) is 38.4 Å². The van der Waals surface area contributed by atoms with Crippen LogP contribution in [0.5, 0.6) is 0 Å². The van der Waals surface area contributed by atoms with E-state index in [-0.39, 0.29) is 5.91 Å². The van der Waals surface area contributed by atoms with E-state index < -0.39 is 0 Å². The topological polar surface area (TPSA) is 56.7 Å². The van der Waals surface area contributed by atoms with Gasteiger partial charge in [-0.05, 0) is 36.1 Å². The molecule has 0 aliphatic carbocycles. The molecule has 1 aliphatic rings. The maximum Gasteiger partial charge on any atom is 0.251 e. The first kappa shape index (κ1) is 18.0. The average Bonchev–Trinajstić information content (AvgIpc) is 2.71. The van der Waals surface area contributed by atoms with Crippen LogP contribution >= 0.6 is 0 Å². The number of carbonyl (C=O) groups is 1. The standard InChI is InChI=1S/C21H26N4O/c1-22-21(25-15-12-17-8-5-6-11-19(17)16-25)24-14-7-13-23-20(26)18-9-3-2-4-10-18/h2-6,8-11H,7,12-16H2,1H3,(H,22,24)(H,23,26). The van der Waals surface area contributed by atoms with Crippen LogP contribution in [-0.4, -0.2) is 43.4 Å². The third kappa shape index (κ3) is 4.63. The van der Waals surface area contributed by atoms with E-state index in [4.69, 9.17) is 0 Å². The van der Waals surface area contributed by atoms with Crippen LogP contribution in [-0.2, 0) is 13.0 Å². The number of fused-ring (bicyclic) bond motifs is 1. The van der Waals surface area contributed by atoms with Gasteiger partial charge in [0, 0.05) is 38.8 Å². The Morgan fingerprint density at radius 3 is 2.46 bits per heavy atom. The predicted molar refractivity (Wildman–Crippen MR) is 105 cm³/mol. The fourth-order valence-electron chi connectivity index (χ4n) is 3.19. The van der Waals surface area contributed by atoms with Gasteiger partial charge in [-0.15, -0.1) is 0 Å². The van der Waals surface area contributed by atoms with Crippen molar-refractivity contribution in [2.24, 2.45) is 4.99 Å². The summed E-state index contributed by atoms with van der Waals surface area (Å²) in [6, 6.07) is 17.9. The summed E-state index contributed by atoms with van der Waals surface area (Å²) in [7, 11) is 1.82. The number of hydrogen-bond acceptors (Lipinski definition) is 2. The van der Waals surface area contributed by atoms with Crippen molar-refractivity contribution < 1.29 is 4.79 Å². The van der Waals surface area contributed by atoms with Gasteiger partial charge in [-0.2, -0.15) is 0 Å². The summed E-state index contributed by atoms with van der Waals surface area (Å²) in [6.07, 6.45) is 1.89. The van der Waals surface area contributed by atoms with E-state index in [9.17, 15) is 4.79 Å². The zero-order chi connectivity index (χ0) is 18.2. The monoisotopic (exact) mass is 350 g/mol. The first-order valence-electron chi connectivity index (χ1n) is 9.13. The molecule has 2 aromatic rings. The van der Waals surface area contributed by atoms with Gasteiger partial charge in [-0.25, -0.2) is 0 Å². The highest BCUT2D eigenvalue weighted by atomic mass is 16.1. The van der Waals surface area contributed by atoms with E-state index in [1.807, 2.05) is 37.4 Å². The first-order valence-corrected chi connectivity index (χ1v) is 9.13. The molecule has 0 atom stereocenters. The number of amides is 1. The van der Waals surface area contributed by atoms with Gasteiger partial charge in [0.2, 0.25) is 0 Å². The molecule has 0 radical (unpaired) electrons. The average molecular weight is 350 g/mol. The van der Waals surface area contributed by atoms with Crippen LogP contribution < -0.4 is 10.6 Å². The molecule has 26 heavy (non-hydrogen) atoms. The van der Waals surface area contributed by atoms with Crippen molar-refractivity contribution in [3.63, 3.8) is 0 Å². The zero-order valence-corrected chi connectivity index (χ0v) is 15.2. The lowest BCUT2D eigenvalue weighted by atomic mass is 10.0. The van der Waals surface area contributed by atoms with Gasteiger partial charge in [0.1, 0.15) is 0 Å². The highest BCUT2D eigenvalue weighted by Crippen LogP contribution is 2.18. The van der Waals surface area contributed by atoms with E-state index in [1.165, 1.54) is 11.1 Å². The molecule has 1 heterocycles. The van der Waals surface area contributed by atoms with Gasteiger partial charge < -0.3 is 15.5 Å². The second-order valence-corrected chi connectivity index (χ2v) is 6.39. The second-order valence-electron chi connectivity index (χ2n) is 6.39. The molecule has 0 bridgehead atoms. The normalized spacial score (nSPS) is 13.9. The van der Waals surface area contributed by atoms with Gasteiger partial charge >= 0.3 is 0 Å². The van der Waals surface area contributed by atoms with Crippen molar-refractivity contribution in [3.8, 4) is 0 Å². The fourth-order valence-corrected chi connectivity index (χ4v) is 3.19. The molecule has 1 aliphatic heterocycles. The Hall–Kier alpha value is -2.82. The summed E-state index contributed by atoms with van der Waals surface area (Å²) < 4.78 is 0. The third-order valence-electron chi connectivity index (χ3n) is 4.60. The summed E-state index contributed by atoms with van der Waals surface area (Å²) in [5.41, 5.74) is 3.50. The van der Waals surface area contributed by atoms with Crippen molar-refractivity contribution in [2.45, 2.75) is 19.4 Å². The number of hydrogen-bond donors (Lipinski definition) is 2. The number of benzene rings is 2. The number of guanidine groups is 1. The molecule has 2 aromatic carbocycles. The minimum Gasteiger partial charge on any atom is -0.356 e. The minimum absolute atomic E-state index is 0.0254. The molecule has 136 valence electrons. The van der Waals surface area contributed by atoms with Gasteiger partial charge in [0.05, 0.1) is 0 Å². The van der Waals surface area contributed by atoms with Crippen LogP contribution in [0.25, 0.3) is 0 Å². The molecular formula is C21H26N4O. The maximum absolute atomic E-state index is 12.0. The summed E-state index contributed by atoms with van der Waals surface area (Å²) in [5, 5.41) is 6.36. The summed E-state index contributed by atoms with van der Waals surface area (Å²) in [4.78, 5) is 18.7. The minimum atomic E-state index is -0.0254. The Morgan fingerprint density at radius 1 is 1.00 bits per heavy atom. The highest BCUT2D eigenvalue weighted by Gasteiger charge is 2.18. The quantitative estimate of drug-likeness (QED) is 0.495. The molecule has 5 nitrogen and oxygen atoms in total. The molecule has 0 saturated carbocycles. The van der Waals surface area contributed by atoms with E-state index in [2.05, 4.69) is 44.8 Å². The van der Waals surface area contributed by atoms with Gasteiger partial charge in [0.15, 0.2) is 5.96 Å². The number of carbonyl (C=O) groups excluding carboxylic acids is 1. The number of rotatable bonds is 5. The van der Waals surface area contributed by atoms with Gasteiger partial charge in [-0.1, -0.05) is 42.5 Å². The lowest BCUT2D eigenvalue weighted by Crippen LogP contribution is -2.44. The molecule has 0 unspecified atom stereocenters. The smallest absolute Gasteiger partial charge is 0.251 e. The van der Waals surface area contributed by atoms with Crippen LogP contribution in [0.4, 0.5) is 0 Å². The number of aliphatic imine (C=N–C) groups is 1. The van der Waals surface area contributed by atoms with Crippen molar-refractivity contribution in [3.05, 3.63) is 71.3 Å². The van der Waals surface area contributed by atoms with Crippen LogP contribution in [0.1, 0.15) is 27.9 Å². The van der Waals surface area contributed by atoms with Crippen molar-refractivity contribution in [1.82, 2.24) is 15.5 Å². The summed E-state index contributed by atoms with van der Waals surface area (Å²) >= 11 is 0. The summed E-state index contributed by atoms with van der Waals surface area (Å²) in [5.74, 6) is 0.900. The molecule has 0 saturated heterocycles. The van der Waals surface area contributed by atoms with Crippen molar-refractivity contribution in [1.29, 1.82) is 0 Å². The molecular weight excluding hydrogens is 324 g/mol. The Morgan fingerprint density at radius 2 is 1.69 bits per heavy atom. The largest absolute Gasteiger partial charge is 0.356 e. The number of nitrogens with one attached hydrogen (secondary N) is 2. The predicted octanol–water partition coefficient (Wildman–Crippen LogP) is 2.44. The Labute approximate surface area is 155 Å². The SMILES string of the molecule is CN=C(NCCCNC(=O)c1ccccc1)N1CCc2ccccc2C1. The molecule has 1 amide bonds. The molecule has 0 spiro atoms. The van der Waals surface area contributed by atoms with Crippen LogP contribution in [0.15, 0.2) is 59.6 Å². The second kappa shape index (κ2) is 9.04. The highest BCUT2D eigenvalue weighted by molar-refractivity contribution is 5.94. The zero-order valence-electron chi connectivity index (χ0n) is 15.2. The molecule has 0 aromatic heterocycles. The van der Waals surface area contributed by atoms with Crippen molar-refractivity contribution >= 4 is 11.9 Å². The Kier molecular flexibility index (Phi) is 6.25. The van der Waals surface area contributed by atoms with E-state index in [0.29, 0.717) is 12.1 Å². The molecule has 2 N–H and O–H groups in total. The number of nitrogens with zero attached hydrogens (tertiary/aromatic N) is 2. The van der Waals surface area contributed by atoms with Crippen molar-refractivity contribution in [2.75, 3.05) is 26.7 Å². The lowest BCUT2D eigenvalue weighted by Gasteiger charge is -2.31. The third-order valence-corrected chi connectivity index (χ3v) is 4.60.